The molecule has 2 N–H and O–H groups in total. The molecule has 0 saturated heterocycles. The van der Waals surface area contributed by atoms with E-state index in [1.165, 1.54) is 0 Å². The van der Waals surface area contributed by atoms with E-state index in [2.05, 4.69) is 12.2 Å². The van der Waals surface area contributed by atoms with Gasteiger partial charge in [0.15, 0.2) is 0 Å². The van der Waals surface area contributed by atoms with Gasteiger partial charge in [0.05, 0.1) is 19.3 Å². The molecule has 3 rings (SSSR count). The molecule has 0 radical (unpaired) electrons. The number of fused-ring (bicyclic) bond motifs is 2. The molecule has 1 heterocycles. The summed E-state index contributed by atoms with van der Waals surface area (Å²) in [5.74, 6) is 0.250. The SMILES string of the molecule is CC1(C)C=CCC2(COCc3ccc(O)cc32)C1O. The monoisotopic (exact) mass is 260 g/mol. The van der Waals surface area contributed by atoms with Gasteiger partial charge in [0.1, 0.15) is 5.75 Å². The fourth-order valence-corrected chi connectivity index (χ4v) is 3.46. The molecule has 0 aromatic heterocycles. The molecule has 0 amide bonds. The molecule has 1 aliphatic carbocycles. The normalized spacial score (nSPS) is 32.3. The molecule has 2 aliphatic rings. The van der Waals surface area contributed by atoms with E-state index in [4.69, 9.17) is 4.74 Å². The van der Waals surface area contributed by atoms with Crippen molar-refractivity contribution in [2.75, 3.05) is 6.61 Å². The van der Waals surface area contributed by atoms with Crippen LogP contribution in [0.5, 0.6) is 5.75 Å². The number of phenolic OH excluding ortho intramolecular Hbond substituents is 1. The molecule has 1 aliphatic heterocycles. The first kappa shape index (κ1) is 12.7. The number of aliphatic hydroxyl groups is 1. The Morgan fingerprint density at radius 2 is 2.11 bits per heavy atom. The Bertz CT molecular complexity index is 533. The van der Waals surface area contributed by atoms with Crippen LogP contribution in [0.4, 0.5) is 0 Å². The number of hydrogen-bond donors (Lipinski definition) is 2. The minimum Gasteiger partial charge on any atom is -0.508 e. The number of hydrogen-bond acceptors (Lipinski definition) is 3. The lowest BCUT2D eigenvalue weighted by Crippen LogP contribution is -2.53. The van der Waals surface area contributed by atoms with Crippen molar-refractivity contribution in [2.45, 2.75) is 38.4 Å². The zero-order valence-electron chi connectivity index (χ0n) is 11.4. The number of ether oxygens (including phenoxy) is 1. The standard InChI is InChI=1S/C16H20O3/c1-15(2)6-3-7-16(14(15)18)10-19-9-11-4-5-12(17)8-13(11)16/h3-6,8,14,17-18H,7,9-10H2,1-2H3. The zero-order valence-corrected chi connectivity index (χ0v) is 11.4. The Hall–Kier alpha value is -1.32. The Morgan fingerprint density at radius 1 is 1.32 bits per heavy atom. The predicted octanol–water partition coefficient (Wildman–Crippen LogP) is 2.51. The molecule has 2 unspecified atom stereocenters. The summed E-state index contributed by atoms with van der Waals surface area (Å²) in [7, 11) is 0. The second-order valence-corrected chi connectivity index (χ2v) is 6.32. The van der Waals surface area contributed by atoms with E-state index in [9.17, 15) is 10.2 Å². The predicted molar refractivity (Wildman–Crippen MR) is 73.0 cm³/mol. The molecule has 19 heavy (non-hydrogen) atoms. The second-order valence-electron chi connectivity index (χ2n) is 6.32. The van der Waals surface area contributed by atoms with Gasteiger partial charge >= 0.3 is 0 Å². The summed E-state index contributed by atoms with van der Waals surface area (Å²) < 4.78 is 5.72. The summed E-state index contributed by atoms with van der Waals surface area (Å²) in [5, 5.41) is 20.6. The van der Waals surface area contributed by atoms with Gasteiger partial charge in [0, 0.05) is 10.8 Å². The van der Waals surface area contributed by atoms with Gasteiger partial charge in [-0.2, -0.15) is 0 Å². The third kappa shape index (κ3) is 1.80. The van der Waals surface area contributed by atoms with E-state index in [1.54, 1.807) is 12.1 Å². The Labute approximate surface area is 113 Å². The smallest absolute Gasteiger partial charge is 0.115 e. The van der Waals surface area contributed by atoms with E-state index < -0.39 is 11.5 Å². The quantitative estimate of drug-likeness (QED) is 0.705. The zero-order chi connectivity index (χ0) is 13.7. The fourth-order valence-electron chi connectivity index (χ4n) is 3.46. The van der Waals surface area contributed by atoms with Gasteiger partial charge in [-0.3, -0.25) is 0 Å². The topological polar surface area (TPSA) is 49.7 Å². The van der Waals surface area contributed by atoms with Gasteiger partial charge < -0.3 is 14.9 Å². The van der Waals surface area contributed by atoms with Crippen LogP contribution < -0.4 is 0 Å². The largest absolute Gasteiger partial charge is 0.508 e. The third-order valence-electron chi connectivity index (χ3n) is 4.50. The molecule has 0 bridgehead atoms. The molecule has 1 aromatic rings. The molecular formula is C16H20O3. The number of aromatic hydroxyl groups is 1. The first-order chi connectivity index (χ1) is 8.96. The average molecular weight is 260 g/mol. The highest BCUT2D eigenvalue weighted by Crippen LogP contribution is 2.48. The average Bonchev–Trinajstić information content (AvgIpc) is 2.37. The Morgan fingerprint density at radius 3 is 2.89 bits per heavy atom. The van der Waals surface area contributed by atoms with Crippen LogP contribution in [0.2, 0.25) is 0 Å². The van der Waals surface area contributed by atoms with Crippen molar-refractivity contribution in [2.24, 2.45) is 5.41 Å². The van der Waals surface area contributed by atoms with Crippen LogP contribution in [0.3, 0.4) is 0 Å². The van der Waals surface area contributed by atoms with Crippen LogP contribution in [-0.2, 0) is 16.8 Å². The molecule has 3 heteroatoms. The maximum Gasteiger partial charge on any atom is 0.115 e. The highest BCUT2D eigenvalue weighted by Gasteiger charge is 2.50. The molecule has 3 nitrogen and oxygen atoms in total. The van der Waals surface area contributed by atoms with E-state index >= 15 is 0 Å². The lowest BCUT2D eigenvalue weighted by Gasteiger charge is -2.49. The molecule has 0 fully saturated rings. The van der Waals surface area contributed by atoms with Crippen LogP contribution in [0.15, 0.2) is 30.4 Å². The van der Waals surface area contributed by atoms with E-state index in [-0.39, 0.29) is 11.2 Å². The lowest BCUT2D eigenvalue weighted by atomic mass is 9.60. The van der Waals surface area contributed by atoms with Crippen molar-refractivity contribution in [1.29, 1.82) is 0 Å². The van der Waals surface area contributed by atoms with Crippen LogP contribution in [-0.4, -0.2) is 22.9 Å². The maximum absolute atomic E-state index is 10.8. The highest BCUT2D eigenvalue weighted by atomic mass is 16.5. The van der Waals surface area contributed by atoms with Crippen LogP contribution >= 0.6 is 0 Å². The van der Waals surface area contributed by atoms with Gasteiger partial charge in [0.2, 0.25) is 0 Å². The van der Waals surface area contributed by atoms with Crippen molar-refractivity contribution in [3.05, 3.63) is 41.5 Å². The summed E-state index contributed by atoms with van der Waals surface area (Å²) in [6.07, 6.45) is 4.41. The summed E-state index contributed by atoms with van der Waals surface area (Å²) in [6, 6.07) is 5.36. The van der Waals surface area contributed by atoms with E-state index in [0.717, 1.165) is 17.5 Å². The lowest BCUT2D eigenvalue weighted by molar-refractivity contribution is -0.0603. The van der Waals surface area contributed by atoms with Crippen LogP contribution in [0.1, 0.15) is 31.4 Å². The minimum absolute atomic E-state index is 0.250. The molecule has 1 aromatic carbocycles. The number of aliphatic hydroxyl groups excluding tert-OH is 1. The van der Waals surface area contributed by atoms with Crippen molar-refractivity contribution in [3.8, 4) is 5.75 Å². The van der Waals surface area contributed by atoms with Gasteiger partial charge in [-0.1, -0.05) is 32.1 Å². The first-order valence-electron chi connectivity index (χ1n) is 6.72. The van der Waals surface area contributed by atoms with Gasteiger partial charge in [-0.15, -0.1) is 0 Å². The van der Waals surface area contributed by atoms with E-state index in [1.807, 2.05) is 19.9 Å². The van der Waals surface area contributed by atoms with Crippen LogP contribution in [0, 0.1) is 5.41 Å². The number of rotatable bonds is 0. The molecule has 1 spiro atoms. The van der Waals surface area contributed by atoms with Gasteiger partial charge in [-0.05, 0) is 29.7 Å². The number of benzene rings is 1. The van der Waals surface area contributed by atoms with Crippen molar-refractivity contribution in [1.82, 2.24) is 0 Å². The maximum atomic E-state index is 10.8. The summed E-state index contributed by atoms with van der Waals surface area (Å²) in [5.41, 5.74) is 1.37. The minimum atomic E-state index is -0.522. The van der Waals surface area contributed by atoms with Crippen molar-refractivity contribution in [3.63, 3.8) is 0 Å². The summed E-state index contributed by atoms with van der Waals surface area (Å²) in [6.45, 7) is 5.12. The number of allylic oxidation sites excluding steroid dienone is 1. The molecular weight excluding hydrogens is 240 g/mol. The van der Waals surface area contributed by atoms with Gasteiger partial charge in [-0.25, -0.2) is 0 Å². The Balaban J connectivity index is 2.17. The highest BCUT2D eigenvalue weighted by molar-refractivity contribution is 5.44. The Kier molecular flexibility index (Phi) is 2.73. The molecule has 0 saturated carbocycles. The van der Waals surface area contributed by atoms with E-state index in [0.29, 0.717) is 13.2 Å². The molecule has 102 valence electrons. The summed E-state index contributed by atoms with van der Waals surface area (Å²) >= 11 is 0. The number of phenols is 1. The van der Waals surface area contributed by atoms with Crippen LogP contribution in [0.25, 0.3) is 0 Å². The third-order valence-corrected chi connectivity index (χ3v) is 4.50. The van der Waals surface area contributed by atoms with Gasteiger partial charge in [0.25, 0.3) is 0 Å². The fraction of sp³-hybridized carbons (Fsp3) is 0.500. The first-order valence-corrected chi connectivity index (χ1v) is 6.72. The van der Waals surface area contributed by atoms with Crippen molar-refractivity contribution >= 4 is 0 Å². The second kappa shape index (κ2) is 4.09. The molecule has 2 atom stereocenters. The summed E-state index contributed by atoms with van der Waals surface area (Å²) in [4.78, 5) is 0. The van der Waals surface area contributed by atoms with Crippen molar-refractivity contribution < 1.29 is 14.9 Å².